The van der Waals surface area contributed by atoms with Crippen LogP contribution < -0.4 is 4.74 Å². The molecule has 0 atom stereocenters. The molecule has 0 saturated carbocycles. The molecular formula is C11H12O2. The summed E-state index contributed by atoms with van der Waals surface area (Å²) in [5, 5.41) is 0. The Morgan fingerprint density at radius 1 is 1.38 bits per heavy atom. The second-order valence-corrected chi connectivity index (χ2v) is 2.63. The quantitative estimate of drug-likeness (QED) is 0.643. The van der Waals surface area contributed by atoms with E-state index in [4.69, 9.17) is 4.74 Å². The van der Waals surface area contributed by atoms with Gasteiger partial charge in [-0.3, -0.25) is 4.79 Å². The van der Waals surface area contributed by atoms with E-state index in [2.05, 4.69) is 6.58 Å². The molecule has 0 aromatic heterocycles. The van der Waals surface area contributed by atoms with E-state index in [0.29, 0.717) is 6.42 Å². The van der Waals surface area contributed by atoms with Crippen LogP contribution in [-0.2, 0) is 4.79 Å². The Labute approximate surface area is 77.8 Å². The van der Waals surface area contributed by atoms with Crippen LogP contribution in [0.25, 0.3) is 0 Å². The van der Waals surface area contributed by atoms with Crippen LogP contribution in [0.15, 0.2) is 43.0 Å². The smallest absolute Gasteiger partial charge is 0.173 e. The van der Waals surface area contributed by atoms with Crippen LogP contribution >= 0.6 is 0 Å². The highest BCUT2D eigenvalue weighted by Crippen LogP contribution is 2.07. The molecule has 0 saturated heterocycles. The second kappa shape index (κ2) is 5.14. The Balaban J connectivity index is 2.35. The molecular weight excluding hydrogens is 164 g/mol. The summed E-state index contributed by atoms with van der Waals surface area (Å²) in [5.41, 5.74) is 0. The second-order valence-electron chi connectivity index (χ2n) is 2.63. The standard InChI is InChI=1S/C11H12O2/c1-2-6-10(12)9-13-11-7-4-3-5-8-11/h2-5,7-8H,1,6,9H2. The number of Topliss-reactive ketones (excluding diaryl/α,β-unsaturated/α-hetero) is 1. The molecule has 2 nitrogen and oxygen atoms in total. The third kappa shape index (κ3) is 3.56. The van der Waals surface area contributed by atoms with Gasteiger partial charge in [-0.2, -0.15) is 0 Å². The van der Waals surface area contributed by atoms with E-state index >= 15 is 0 Å². The molecule has 0 bridgehead atoms. The number of carbonyl (C=O) groups is 1. The van der Waals surface area contributed by atoms with Crippen LogP contribution in [0.4, 0.5) is 0 Å². The Morgan fingerprint density at radius 3 is 2.69 bits per heavy atom. The van der Waals surface area contributed by atoms with E-state index in [1.807, 2.05) is 30.3 Å². The predicted molar refractivity (Wildman–Crippen MR) is 51.8 cm³/mol. The zero-order chi connectivity index (χ0) is 9.52. The molecule has 0 aliphatic heterocycles. The maximum Gasteiger partial charge on any atom is 0.173 e. The maximum atomic E-state index is 11.0. The molecule has 13 heavy (non-hydrogen) atoms. The molecule has 0 amide bonds. The van der Waals surface area contributed by atoms with Crippen molar-refractivity contribution in [3.05, 3.63) is 43.0 Å². The normalized spacial score (nSPS) is 9.23. The highest BCUT2D eigenvalue weighted by Gasteiger charge is 1.99. The molecule has 68 valence electrons. The van der Waals surface area contributed by atoms with Crippen molar-refractivity contribution in [2.45, 2.75) is 6.42 Å². The summed E-state index contributed by atoms with van der Waals surface area (Å²) in [4.78, 5) is 11.0. The number of allylic oxidation sites excluding steroid dienone is 1. The zero-order valence-electron chi connectivity index (χ0n) is 7.40. The fourth-order valence-corrected chi connectivity index (χ4v) is 0.900. The molecule has 0 N–H and O–H groups in total. The topological polar surface area (TPSA) is 26.3 Å². The number of benzene rings is 1. The molecule has 0 aliphatic rings. The summed E-state index contributed by atoms with van der Waals surface area (Å²) >= 11 is 0. The van der Waals surface area contributed by atoms with Crippen molar-refractivity contribution in [2.75, 3.05) is 6.61 Å². The summed E-state index contributed by atoms with van der Waals surface area (Å²) in [6.45, 7) is 3.60. The maximum absolute atomic E-state index is 11.0. The van der Waals surface area contributed by atoms with Crippen LogP contribution in [0.2, 0.25) is 0 Å². The third-order valence-electron chi connectivity index (χ3n) is 1.52. The van der Waals surface area contributed by atoms with E-state index in [0.717, 1.165) is 5.75 Å². The summed E-state index contributed by atoms with van der Waals surface area (Å²) in [7, 11) is 0. The summed E-state index contributed by atoms with van der Waals surface area (Å²) < 4.78 is 5.22. The van der Waals surface area contributed by atoms with Gasteiger partial charge >= 0.3 is 0 Å². The Kier molecular flexibility index (Phi) is 3.76. The van der Waals surface area contributed by atoms with Gasteiger partial charge in [0.25, 0.3) is 0 Å². The first kappa shape index (κ1) is 9.52. The van der Waals surface area contributed by atoms with Crippen molar-refractivity contribution in [3.63, 3.8) is 0 Å². The van der Waals surface area contributed by atoms with E-state index in [1.54, 1.807) is 6.08 Å². The molecule has 0 heterocycles. The lowest BCUT2D eigenvalue weighted by molar-refractivity contribution is -0.120. The van der Waals surface area contributed by atoms with Gasteiger partial charge in [-0.05, 0) is 12.1 Å². The number of hydrogen-bond acceptors (Lipinski definition) is 2. The van der Waals surface area contributed by atoms with Crippen LogP contribution in [0, 0.1) is 0 Å². The number of carbonyl (C=O) groups excluding carboxylic acids is 1. The molecule has 1 rings (SSSR count). The average molecular weight is 176 g/mol. The first-order valence-electron chi connectivity index (χ1n) is 4.13. The van der Waals surface area contributed by atoms with Gasteiger partial charge in [-0.25, -0.2) is 0 Å². The van der Waals surface area contributed by atoms with Crippen molar-refractivity contribution in [1.29, 1.82) is 0 Å². The zero-order valence-corrected chi connectivity index (χ0v) is 7.40. The molecule has 0 radical (unpaired) electrons. The molecule has 1 aromatic carbocycles. The lowest BCUT2D eigenvalue weighted by Gasteiger charge is -2.02. The number of hydrogen-bond donors (Lipinski definition) is 0. The van der Waals surface area contributed by atoms with Crippen LogP contribution in [-0.4, -0.2) is 12.4 Å². The van der Waals surface area contributed by atoms with Gasteiger partial charge in [-0.1, -0.05) is 24.3 Å². The fraction of sp³-hybridized carbons (Fsp3) is 0.182. The van der Waals surface area contributed by atoms with E-state index in [-0.39, 0.29) is 12.4 Å². The minimum absolute atomic E-state index is 0.0406. The average Bonchev–Trinajstić information content (AvgIpc) is 2.17. The lowest BCUT2D eigenvalue weighted by atomic mass is 10.3. The minimum Gasteiger partial charge on any atom is -0.486 e. The van der Waals surface area contributed by atoms with Gasteiger partial charge in [-0.15, -0.1) is 6.58 Å². The largest absolute Gasteiger partial charge is 0.486 e. The number of para-hydroxylation sites is 1. The van der Waals surface area contributed by atoms with Crippen LogP contribution in [0.3, 0.4) is 0 Å². The van der Waals surface area contributed by atoms with Crippen molar-refractivity contribution in [2.24, 2.45) is 0 Å². The molecule has 0 spiro atoms. The monoisotopic (exact) mass is 176 g/mol. The first-order chi connectivity index (χ1) is 6.33. The summed E-state index contributed by atoms with van der Waals surface area (Å²) in [6.07, 6.45) is 1.95. The molecule has 0 fully saturated rings. The van der Waals surface area contributed by atoms with Crippen molar-refractivity contribution in [3.8, 4) is 5.75 Å². The van der Waals surface area contributed by atoms with Gasteiger partial charge < -0.3 is 4.74 Å². The molecule has 1 aromatic rings. The Bertz CT molecular complexity index is 277. The van der Waals surface area contributed by atoms with E-state index in [1.165, 1.54) is 0 Å². The van der Waals surface area contributed by atoms with E-state index in [9.17, 15) is 4.79 Å². The minimum atomic E-state index is 0.0406. The van der Waals surface area contributed by atoms with Crippen LogP contribution in [0.1, 0.15) is 6.42 Å². The van der Waals surface area contributed by atoms with Crippen LogP contribution in [0.5, 0.6) is 5.75 Å². The highest BCUT2D eigenvalue weighted by atomic mass is 16.5. The van der Waals surface area contributed by atoms with Gasteiger partial charge in [0.05, 0.1) is 0 Å². The van der Waals surface area contributed by atoms with Crippen molar-refractivity contribution in [1.82, 2.24) is 0 Å². The fourth-order valence-electron chi connectivity index (χ4n) is 0.900. The first-order valence-corrected chi connectivity index (χ1v) is 4.13. The summed E-state index contributed by atoms with van der Waals surface area (Å²) in [6, 6.07) is 9.28. The Morgan fingerprint density at radius 2 is 2.08 bits per heavy atom. The van der Waals surface area contributed by atoms with Crippen molar-refractivity contribution >= 4 is 5.78 Å². The number of rotatable bonds is 5. The van der Waals surface area contributed by atoms with Gasteiger partial charge in [0.2, 0.25) is 0 Å². The van der Waals surface area contributed by atoms with Gasteiger partial charge in [0, 0.05) is 6.42 Å². The SMILES string of the molecule is C=CCC(=O)COc1ccccc1. The van der Waals surface area contributed by atoms with E-state index < -0.39 is 0 Å². The van der Waals surface area contributed by atoms with Gasteiger partial charge in [0.1, 0.15) is 12.4 Å². The van der Waals surface area contributed by atoms with Crippen molar-refractivity contribution < 1.29 is 9.53 Å². The predicted octanol–water partition coefficient (Wildman–Crippen LogP) is 2.21. The van der Waals surface area contributed by atoms with Gasteiger partial charge in [0.15, 0.2) is 5.78 Å². The Hall–Kier alpha value is -1.57. The number of ether oxygens (including phenoxy) is 1. The highest BCUT2D eigenvalue weighted by molar-refractivity contribution is 5.81. The lowest BCUT2D eigenvalue weighted by Crippen LogP contribution is -2.09. The summed E-state index contributed by atoms with van der Waals surface area (Å²) in [5.74, 6) is 0.763. The molecule has 2 heteroatoms. The molecule has 0 unspecified atom stereocenters. The third-order valence-corrected chi connectivity index (χ3v) is 1.52. The molecule has 0 aliphatic carbocycles. The number of ketones is 1.